The number of nitrogens with one attached hydrogen (secondary N) is 1. The van der Waals surface area contributed by atoms with E-state index in [9.17, 15) is 4.79 Å². The molecule has 0 bridgehead atoms. The van der Waals surface area contributed by atoms with Gasteiger partial charge in [-0.05, 0) is 69.7 Å². The van der Waals surface area contributed by atoms with Gasteiger partial charge in [-0.2, -0.15) is 0 Å². The van der Waals surface area contributed by atoms with Gasteiger partial charge in [-0.3, -0.25) is 4.90 Å². The lowest BCUT2D eigenvalue weighted by Crippen LogP contribution is -2.52. The third-order valence-electron chi connectivity index (χ3n) is 4.61. The Morgan fingerprint density at radius 3 is 2.28 bits per heavy atom. The van der Waals surface area contributed by atoms with Gasteiger partial charge in [0.25, 0.3) is 0 Å². The molecule has 5 heteroatoms. The monoisotopic (exact) mass is 347 g/mol. The third kappa shape index (κ3) is 6.67. The molecule has 1 fully saturated rings. The predicted octanol–water partition coefficient (Wildman–Crippen LogP) is 3.58. The van der Waals surface area contributed by atoms with Crippen molar-refractivity contribution in [2.45, 2.75) is 58.7 Å². The minimum atomic E-state index is -0.449. The molecule has 3 aliphatic rings. The number of alkyl carbamates (subject to hydrolysis) is 1. The number of hydrogen-bond donors (Lipinski definition) is 2. The molecule has 0 aromatic heterocycles. The number of nitrogens with two attached hydrogens (primary N) is 1. The number of nitrogens with zero attached hydrogens (tertiary/aromatic N) is 1. The fourth-order valence-corrected chi connectivity index (χ4v) is 3.07. The highest BCUT2D eigenvalue weighted by Gasteiger charge is 2.26. The minimum absolute atomic E-state index is 0.0635. The Kier molecular flexibility index (Phi) is 6.85. The third-order valence-corrected chi connectivity index (χ3v) is 4.61. The first-order valence-electron chi connectivity index (χ1n) is 9.36. The summed E-state index contributed by atoms with van der Waals surface area (Å²) < 4.78 is 5.31. The van der Waals surface area contributed by atoms with Gasteiger partial charge in [-0.15, -0.1) is 0 Å². The molecular weight excluding hydrogens is 314 g/mol. The van der Waals surface area contributed by atoms with Crippen LogP contribution in [0.5, 0.6) is 0 Å². The first kappa shape index (κ1) is 19.7. The highest BCUT2D eigenvalue weighted by Crippen LogP contribution is 2.32. The van der Waals surface area contributed by atoms with Crippen LogP contribution in [0.4, 0.5) is 4.79 Å². The number of rotatable bonds is 4. The highest BCUT2D eigenvalue weighted by atomic mass is 16.6. The van der Waals surface area contributed by atoms with Gasteiger partial charge in [0.15, 0.2) is 0 Å². The van der Waals surface area contributed by atoms with Gasteiger partial charge in [0.1, 0.15) is 5.60 Å². The van der Waals surface area contributed by atoms with Gasteiger partial charge in [0.05, 0.1) is 6.17 Å². The summed E-state index contributed by atoms with van der Waals surface area (Å²) in [6.07, 6.45) is 2.84. The van der Waals surface area contributed by atoms with E-state index in [0.717, 1.165) is 38.9 Å². The molecule has 5 nitrogen and oxygen atoms in total. The normalized spacial score (nSPS) is 18.0. The van der Waals surface area contributed by atoms with E-state index in [1.165, 1.54) is 11.1 Å². The Hall–Kier alpha value is -1.59. The van der Waals surface area contributed by atoms with Crippen LogP contribution in [0.2, 0.25) is 0 Å². The van der Waals surface area contributed by atoms with Crippen LogP contribution in [-0.2, 0) is 4.74 Å². The van der Waals surface area contributed by atoms with Crippen molar-refractivity contribution < 1.29 is 9.53 Å². The van der Waals surface area contributed by atoms with Crippen LogP contribution in [0.1, 0.15) is 47.0 Å². The first-order chi connectivity index (χ1) is 11.8. The molecule has 1 heterocycles. The molecule has 1 atom stereocenters. The molecule has 0 spiro atoms. The molecule has 1 unspecified atom stereocenters. The fraction of sp³-hybridized carbons (Fsp3) is 0.650. The van der Waals surface area contributed by atoms with E-state index in [1.807, 2.05) is 20.8 Å². The summed E-state index contributed by atoms with van der Waals surface area (Å²) in [4.78, 5) is 14.1. The lowest BCUT2D eigenvalue weighted by atomic mass is 9.96. The molecular formula is C20H33N3O2. The minimum Gasteiger partial charge on any atom is -0.444 e. The standard InChI is InChI=1S/C14H29N3O2.C6H4/c1-5-12(16-13(18)19-14(2,3)4)17-8-6-11(10-15)7-9-17;1-2-5-4-6(5)3-1/h11-12H,5-10,15H2,1-4H3,(H,16,18);1-4H. The zero-order valence-corrected chi connectivity index (χ0v) is 16.0. The van der Waals surface area contributed by atoms with Gasteiger partial charge in [0, 0.05) is 13.1 Å². The number of piperidine rings is 1. The Morgan fingerprint density at radius 2 is 1.92 bits per heavy atom. The lowest BCUT2D eigenvalue weighted by molar-refractivity contribution is 0.0369. The van der Waals surface area contributed by atoms with Crippen LogP contribution in [-0.4, -0.2) is 42.4 Å². The average molecular weight is 348 g/mol. The Labute approximate surface area is 151 Å². The van der Waals surface area contributed by atoms with E-state index >= 15 is 0 Å². The van der Waals surface area contributed by atoms with Gasteiger partial charge < -0.3 is 15.8 Å². The van der Waals surface area contributed by atoms with Crippen molar-refractivity contribution in [3.05, 3.63) is 24.3 Å². The van der Waals surface area contributed by atoms with Crippen LogP contribution in [0.15, 0.2) is 24.3 Å². The number of amides is 1. The van der Waals surface area contributed by atoms with Crippen LogP contribution in [0.3, 0.4) is 0 Å². The number of fused-ring (bicyclic) bond motifs is 1. The molecule has 0 saturated carbocycles. The van der Waals surface area contributed by atoms with E-state index in [2.05, 4.69) is 41.4 Å². The van der Waals surface area contributed by atoms with Crippen molar-refractivity contribution >= 4 is 6.09 Å². The number of carbonyl (C=O) groups is 1. The van der Waals surface area contributed by atoms with E-state index in [1.54, 1.807) is 0 Å². The topological polar surface area (TPSA) is 67.6 Å². The molecule has 25 heavy (non-hydrogen) atoms. The van der Waals surface area contributed by atoms with Crippen molar-refractivity contribution in [3.63, 3.8) is 0 Å². The van der Waals surface area contributed by atoms with Crippen molar-refractivity contribution in [3.8, 4) is 11.1 Å². The Morgan fingerprint density at radius 1 is 1.32 bits per heavy atom. The predicted molar refractivity (Wildman–Crippen MR) is 102 cm³/mol. The molecule has 0 aromatic carbocycles. The summed E-state index contributed by atoms with van der Waals surface area (Å²) in [6.45, 7) is 10.5. The number of carbonyl (C=O) groups excluding carboxylic acids is 1. The number of ether oxygens (including phenoxy) is 1. The first-order valence-corrected chi connectivity index (χ1v) is 9.36. The van der Waals surface area contributed by atoms with Crippen molar-refractivity contribution in [1.29, 1.82) is 0 Å². The second-order valence-electron chi connectivity index (χ2n) is 7.87. The summed E-state index contributed by atoms with van der Waals surface area (Å²) in [6, 6.07) is 8.48. The lowest BCUT2D eigenvalue weighted by Gasteiger charge is -2.37. The maximum Gasteiger partial charge on any atom is 0.408 e. The zero-order valence-electron chi connectivity index (χ0n) is 16.0. The van der Waals surface area contributed by atoms with Crippen molar-refractivity contribution in [1.82, 2.24) is 10.2 Å². The van der Waals surface area contributed by atoms with E-state index in [4.69, 9.17) is 10.5 Å². The molecule has 1 amide bonds. The van der Waals surface area contributed by atoms with Gasteiger partial charge in [0.2, 0.25) is 0 Å². The molecule has 0 aromatic rings. The van der Waals surface area contributed by atoms with Crippen LogP contribution in [0.25, 0.3) is 11.1 Å². The largest absolute Gasteiger partial charge is 0.444 e. The van der Waals surface area contributed by atoms with Crippen molar-refractivity contribution in [2.24, 2.45) is 11.7 Å². The molecule has 1 saturated heterocycles. The SMILES string of the molecule is CCC(NC(=O)OC(C)(C)C)N1CCC(CN)CC1.c1cc2cc-2c1. The second-order valence-corrected chi connectivity index (χ2v) is 7.87. The second kappa shape index (κ2) is 8.68. The summed E-state index contributed by atoms with van der Waals surface area (Å²) in [5.41, 5.74) is 8.10. The number of likely N-dealkylation sites (tertiary alicyclic amines) is 1. The summed E-state index contributed by atoms with van der Waals surface area (Å²) in [7, 11) is 0. The van der Waals surface area contributed by atoms with Crippen LogP contribution in [0, 0.1) is 5.92 Å². The van der Waals surface area contributed by atoms with Gasteiger partial charge in [-0.25, -0.2) is 4.79 Å². The molecule has 140 valence electrons. The van der Waals surface area contributed by atoms with Crippen LogP contribution >= 0.6 is 0 Å². The summed E-state index contributed by atoms with van der Waals surface area (Å²) >= 11 is 0. The van der Waals surface area contributed by atoms with Gasteiger partial charge >= 0.3 is 6.09 Å². The molecule has 3 N–H and O–H groups in total. The summed E-state index contributed by atoms with van der Waals surface area (Å²) in [5.74, 6) is 0.635. The zero-order chi connectivity index (χ0) is 18.4. The van der Waals surface area contributed by atoms with E-state index in [0.29, 0.717) is 5.92 Å². The fourth-order valence-electron chi connectivity index (χ4n) is 3.07. The molecule has 3 rings (SSSR count). The summed E-state index contributed by atoms with van der Waals surface area (Å²) in [5, 5.41) is 2.96. The molecule has 1 aliphatic heterocycles. The smallest absolute Gasteiger partial charge is 0.408 e. The maximum absolute atomic E-state index is 11.8. The Balaban J connectivity index is 0.000000306. The van der Waals surface area contributed by atoms with Crippen LogP contribution < -0.4 is 11.1 Å². The van der Waals surface area contributed by atoms with Crippen molar-refractivity contribution in [2.75, 3.05) is 19.6 Å². The molecule has 2 aliphatic carbocycles. The Bertz CT molecular complexity index is 543. The molecule has 0 radical (unpaired) electrons. The number of hydrogen-bond acceptors (Lipinski definition) is 4. The highest BCUT2D eigenvalue weighted by molar-refractivity contribution is 5.80. The van der Waals surface area contributed by atoms with E-state index in [-0.39, 0.29) is 12.3 Å². The quantitative estimate of drug-likeness (QED) is 0.887. The maximum atomic E-state index is 11.8. The average Bonchev–Trinajstić information content (AvgIpc) is 3.17. The number of benzene rings is 1. The van der Waals surface area contributed by atoms with Gasteiger partial charge in [-0.1, -0.05) is 25.1 Å². The van der Waals surface area contributed by atoms with E-state index < -0.39 is 5.60 Å².